The maximum absolute atomic E-state index is 13.6. The van der Waals surface area contributed by atoms with Gasteiger partial charge in [-0.1, -0.05) is 48.3 Å². The Labute approximate surface area is 216 Å². The zero-order chi connectivity index (χ0) is 26.3. The number of halogens is 2. The molecular weight excluding hydrogens is 513 g/mol. The van der Waals surface area contributed by atoms with Gasteiger partial charge < -0.3 is 10.2 Å². The van der Waals surface area contributed by atoms with E-state index in [4.69, 9.17) is 23.2 Å². The molecule has 2 aromatic rings. The third-order valence-electron chi connectivity index (χ3n) is 5.35. The van der Waals surface area contributed by atoms with Gasteiger partial charge in [0.2, 0.25) is 21.8 Å². The fourth-order valence-electron chi connectivity index (χ4n) is 3.56. The number of amides is 2. The lowest BCUT2D eigenvalue weighted by Gasteiger charge is -2.33. The summed E-state index contributed by atoms with van der Waals surface area (Å²) in [5.41, 5.74) is 0.906. The van der Waals surface area contributed by atoms with Crippen molar-refractivity contribution in [1.29, 1.82) is 0 Å². The van der Waals surface area contributed by atoms with Gasteiger partial charge in [-0.3, -0.25) is 18.7 Å². The molecular formula is C24H29Cl2N3O5S. The molecule has 0 aliphatic heterocycles. The van der Waals surface area contributed by atoms with E-state index in [2.05, 4.69) is 5.32 Å². The zero-order valence-corrected chi connectivity index (χ0v) is 22.4. The second-order valence-electron chi connectivity index (χ2n) is 7.92. The van der Waals surface area contributed by atoms with Crippen molar-refractivity contribution in [1.82, 2.24) is 10.2 Å². The van der Waals surface area contributed by atoms with Crippen LogP contribution in [0.1, 0.15) is 43.1 Å². The van der Waals surface area contributed by atoms with Crippen LogP contribution in [-0.4, -0.2) is 56.3 Å². The molecule has 0 saturated heterocycles. The van der Waals surface area contributed by atoms with Crippen LogP contribution < -0.4 is 9.62 Å². The Balaban J connectivity index is 2.53. The number of Topliss-reactive ketones (excluding diaryl/α,β-unsaturated/α-hetero) is 1. The van der Waals surface area contributed by atoms with Crippen LogP contribution in [0.2, 0.25) is 10.0 Å². The third-order valence-corrected chi connectivity index (χ3v) is 7.20. The summed E-state index contributed by atoms with van der Waals surface area (Å²) in [6, 6.07) is 10.0. The minimum atomic E-state index is -3.92. The average Bonchev–Trinajstić information content (AvgIpc) is 2.78. The molecule has 0 heterocycles. The van der Waals surface area contributed by atoms with Gasteiger partial charge in [0.1, 0.15) is 12.6 Å². The van der Waals surface area contributed by atoms with Gasteiger partial charge in [-0.05, 0) is 44.5 Å². The molecule has 0 radical (unpaired) electrons. The minimum Gasteiger partial charge on any atom is -0.355 e. The summed E-state index contributed by atoms with van der Waals surface area (Å²) in [6.45, 7) is 4.55. The number of anilines is 1. The van der Waals surface area contributed by atoms with Crippen molar-refractivity contribution in [2.45, 2.75) is 39.8 Å². The van der Waals surface area contributed by atoms with E-state index in [0.717, 1.165) is 10.6 Å². The number of hydrogen-bond donors (Lipinski definition) is 1. The smallest absolute Gasteiger partial charge is 0.244 e. The third kappa shape index (κ3) is 7.43. The molecule has 2 rings (SSSR count). The largest absolute Gasteiger partial charge is 0.355 e. The van der Waals surface area contributed by atoms with Gasteiger partial charge in [0.15, 0.2) is 5.78 Å². The molecule has 0 aliphatic rings. The normalized spacial score (nSPS) is 12.1. The summed E-state index contributed by atoms with van der Waals surface area (Å²) in [6.07, 6.45) is 1.25. The van der Waals surface area contributed by atoms with Crippen molar-refractivity contribution in [3.63, 3.8) is 0 Å². The van der Waals surface area contributed by atoms with Crippen molar-refractivity contribution in [2.75, 3.05) is 23.7 Å². The number of rotatable bonds is 11. The van der Waals surface area contributed by atoms with Crippen molar-refractivity contribution in [2.24, 2.45) is 0 Å². The van der Waals surface area contributed by atoms with Gasteiger partial charge in [0.05, 0.1) is 11.9 Å². The van der Waals surface area contributed by atoms with Gasteiger partial charge in [-0.2, -0.15) is 0 Å². The molecule has 1 atom stereocenters. The topological polar surface area (TPSA) is 104 Å². The summed E-state index contributed by atoms with van der Waals surface area (Å²) in [5.74, 6) is -1.25. The molecule has 0 aliphatic carbocycles. The summed E-state index contributed by atoms with van der Waals surface area (Å²) >= 11 is 12.7. The average molecular weight is 542 g/mol. The molecule has 0 spiro atoms. The lowest BCUT2D eigenvalue weighted by atomic mass is 10.1. The van der Waals surface area contributed by atoms with E-state index in [1.54, 1.807) is 44.2 Å². The van der Waals surface area contributed by atoms with E-state index in [1.165, 1.54) is 24.0 Å². The highest BCUT2D eigenvalue weighted by atomic mass is 35.5. The summed E-state index contributed by atoms with van der Waals surface area (Å²) in [7, 11) is -3.92. The highest BCUT2D eigenvalue weighted by Gasteiger charge is 2.32. The van der Waals surface area contributed by atoms with Crippen LogP contribution >= 0.6 is 23.2 Å². The van der Waals surface area contributed by atoms with Crippen molar-refractivity contribution in [3.8, 4) is 0 Å². The SMILES string of the molecule is CCNC(=O)[C@@H](CC)N(Cc1c(Cl)cccc1Cl)C(=O)CN(c1cccc(C(C)=O)c1)S(C)(=O)=O. The van der Waals surface area contributed by atoms with Crippen LogP contribution in [0.5, 0.6) is 0 Å². The molecule has 0 fully saturated rings. The van der Waals surface area contributed by atoms with Crippen LogP contribution in [0.4, 0.5) is 5.69 Å². The first-order valence-electron chi connectivity index (χ1n) is 11.0. The molecule has 11 heteroatoms. The Bertz CT molecular complexity index is 1180. The van der Waals surface area contributed by atoms with Crippen molar-refractivity contribution >= 4 is 56.5 Å². The molecule has 190 valence electrons. The summed E-state index contributed by atoms with van der Waals surface area (Å²) < 4.78 is 26.2. The van der Waals surface area contributed by atoms with E-state index in [0.29, 0.717) is 27.7 Å². The molecule has 35 heavy (non-hydrogen) atoms. The van der Waals surface area contributed by atoms with Crippen LogP contribution in [0, 0.1) is 0 Å². The fourth-order valence-corrected chi connectivity index (χ4v) is 4.92. The van der Waals surface area contributed by atoms with E-state index < -0.39 is 28.5 Å². The predicted octanol–water partition coefficient (Wildman–Crippen LogP) is 3.91. The number of sulfonamides is 1. The Morgan fingerprint density at radius 1 is 1.03 bits per heavy atom. The standard InChI is InChI=1S/C24H29Cl2N3O5S/c1-5-22(24(32)27-6-2)28(14-19-20(25)11-8-12-21(19)26)23(31)15-29(35(4,33)34)18-10-7-9-17(13-18)16(3)30/h7-13,22H,5-6,14-15H2,1-4H3,(H,27,32)/t22-/m1/s1. The van der Waals surface area contributed by atoms with E-state index in [-0.39, 0.29) is 30.3 Å². The van der Waals surface area contributed by atoms with Crippen LogP contribution in [0.15, 0.2) is 42.5 Å². The maximum Gasteiger partial charge on any atom is 0.244 e. The number of carbonyl (C=O) groups excluding carboxylic acids is 3. The predicted molar refractivity (Wildman–Crippen MR) is 138 cm³/mol. The van der Waals surface area contributed by atoms with Crippen LogP contribution in [-0.2, 0) is 26.2 Å². The Hall–Kier alpha value is -2.62. The lowest BCUT2D eigenvalue weighted by molar-refractivity contribution is -0.140. The van der Waals surface area contributed by atoms with Crippen LogP contribution in [0.25, 0.3) is 0 Å². The number of nitrogens with zero attached hydrogens (tertiary/aromatic N) is 2. The number of nitrogens with one attached hydrogen (secondary N) is 1. The van der Waals surface area contributed by atoms with Gasteiger partial charge in [-0.15, -0.1) is 0 Å². The van der Waals surface area contributed by atoms with E-state index in [1.807, 2.05) is 0 Å². The Kier molecular flexibility index (Phi) is 10.1. The van der Waals surface area contributed by atoms with Gasteiger partial charge in [-0.25, -0.2) is 8.42 Å². The van der Waals surface area contributed by atoms with Gasteiger partial charge in [0, 0.05) is 34.3 Å². The fraction of sp³-hybridized carbons (Fsp3) is 0.375. The van der Waals surface area contributed by atoms with Gasteiger partial charge in [0.25, 0.3) is 0 Å². The monoisotopic (exact) mass is 541 g/mol. The molecule has 0 aromatic heterocycles. The molecule has 8 nitrogen and oxygen atoms in total. The zero-order valence-electron chi connectivity index (χ0n) is 20.0. The molecule has 2 aromatic carbocycles. The first-order chi connectivity index (χ1) is 16.4. The van der Waals surface area contributed by atoms with Crippen molar-refractivity contribution < 1.29 is 22.8 Å². The highest BCUT2D eigenvalue weighted by Crippen LogP contribution is 2.28. The van der Waals surface area contributed by atoms with Crippen LogP contribution in [0.3, 0.4) is 0 Å². The first-order valence-corrected chi connectivity index (χ1v) is 13.6. The molecule has 0 saturated carbocycles. The second-order valence-corrected chi connectivity index (χ2v) is 10.6. The number of ketones is 1. The number of carbonyl (C=O) groups is 3. The summed E-state index contributed by atoms with van der Waals surface area (Å²) in [5, 5.41) is 3.34. The number of hydrogen-bond acceptors (Lipinski definition) is 5. The molecule has 0 unspecified atom stereocenters. The minimum absolute atomic E-state index is 0.0991. The lowest BCUT2D eigenvalue weighted by Crippen LogP contribution is -2.52. The highest BCUT2D eigenvalue weighted by molar-refractivity contribution is 7.92. The molecule has 2 amide bonds. The Morgan fingerprint density at radius 3 is 2.14 bits per heavy atom. The maximum atomic E-state index is 13.6. The Morgan fingerprint density at radius 2 is 1.63 bits per heavy atom. The first kappa shape index (κ1) is 28.6. The van der Waals surface area contributed by atoms with E-state index >= 15 is 0 Å². The van der Waals surface area contributed by atoms with Crippen molar-refractivity contribution in [3.05, 3.63) is 63.6 Å². The summed E-state index contributed by atoms with van der Waals surface area (Å²) in [4.78, 5) is 39.5. The molecule has 0 bridgehead atoms. The molecule has 1 N–H and O–H groups in total. The van der Waals surface area contributed by atoms with Gasteiger partial charge >= 0.3 is 0 Å². The van der Waals surface area contributed by atoms with E-state index in [9.17, 15) is 22.8 Å². The number of likely N-dealkylation sites (N-methyl/N-ethyl adjacent to an activating group) is 1. The quantitative estimate of drug-likeness (QED) is 0.434. The number of benzene rings is 2. The second kappa shape index (κ2) is 12.4.